The zero-order valence-corrected chi connectivity index (χ0v) is 6.41. The second kappa shape index (κ2) is 5.61. The van der Waals surface area contributed by atoms with E-state index in [0.29, 0.717) is 0 Å². The molecular weight excluding hydrogens is 134 g/mol. The molecule has 0 amide bonds. The molecule has 0 bridgehead atoms. The molecule has 0 saturated carbocycles. The summed E-state index contributed by atoms with van der Waals surface area (Å²) in [5.74, 6) is 4.72. The topological polar surface area (TPSA) is 64.7 Å². The second-order valence-corrected chi connectivity index (χ2v) is 2.37. The van der Waals surface area contributed by atoms with Crippen LogP contribution in [0.1, 0.15) is 13.8 Å². The van der Waals surface area contributed by atoms with E-state index in [9.17, 15) is 0 Å². The number of nitrogens with two attached hydrogens (primary N) is 1. The summed E-state index contributed by atoms with van der Waals surface area (Å²) < 4.78 is 5.07. The van der Waals surface area contributed by atoms with Crippen LogP contribution in [0.2, 0.25) is 0 Å². The summed E-state index contributed by atoms with van der Waals surface area (Å²) in [6.45, 7) is 4.19. The van der Waals surface area contributed by atoms with Gasteiger partial charge in [0.2, 0.25) is 0 Å². The van der Waals surface area contributed by atoms with Gasteiger partial charge in [0.05, 0.1) is 19.3 Å². The molecule has 0 fully saturated rings. The lowest BCUT2D eigenvalue weighted by Gasteiger charge is -2.11. The van der Waals surface area contributed by atoms with Crippen LogP contribution in [0.15, 0.2) is 0 Å². The maximum absolute atomic E-state index is 8.97. The van der Waals surface area contributed by atoms with E-state index in [4.69, 9.17) is 15.7 Å². The summed E-state index contributed by atoms with van der Waals surface area (Å²) in [5.41, 5.74) is 0. The number of hydrogen-bond acceptors (Lipinski definition) is 4. The smallest absolute Gasteiger partial charge is 0.103 e. The predicted octanol–water partition coefficient (Wildman–Crippen LogP) is -0.337. The average molecular weight is 149 g/mol. The van der Waals surface area contributed by atoms with Crippen LogP contribution >= 0.6 is 0 Å². The van der Waals surface area contributed by atoms with E-state index < -0.39 is 6.10 Å². The molecule has 1 unspecified atom stereocenters. The van der Waals surface area contributed by atoms with E-state index in [1.165, 1.54) is 0 Å². The first kappa shape index (κ1) is 9.84. The number of rotatable bonds is 5. The van der Waals surface area contributed by atoms with E-state index in [2.05, 4.69) is 4.84 Å². The molecule has 0 aromatic carbocycles. The van der Waals surface area contributed by atoms with Crippen molar-refractivity contribution < 1.29 is 14.7 Å². The van der Waals surface area contributed by atoms with Crippen molar-refractivity contribution in [1.29, 1.82) is 0 Å². The lowest BCUT2D eigenvalue weighted by molar-refractivity contribution is -0.0360. The molecule has 0 aromatic heterocycles. The normalized spacial score (nSPS) is 14.1. The summed E-state index contributed by atoms with van der Waals surface area (Å²) in [4.78, 5) is 4.21. The lowest BCUT2D eigenvalue weighted by Crippen LogP contribution is -2.25. The van der Waals surface area contributed by atoms with Gasteiger partial charge in [0.15, 0.2) is 0 Å². The average Bonchev–Trinajstić information content (AvgIpc) is 1.85. The molecule has 0 aliphatic rings. The molecule has 0 aliphatic carbocycles. The van der Waals surface area contributed by atoms with Crippen LogP contribution in [-0.2, 0) is 9.57 Å². The molecule has 0 rings (SSSR count). The van der Waals surface area contributed by atoms with E-state index in [0.717, 1.165) is 0 Å². The molecule has 3 N–H and O–H groups in total. The van der Waals surface area contributed by atoms with Crippen molar-refractivity contribution in [2.24, 2.45) is 5.90 Å². The fourth-order valence-corrected chi connectivity index (χ4v) is 0.463. The quantitative estimate of drug-likeness (QED) is 0.525. The minimum atomic E-state index is -0.618. The Bertz CT molecular complexity index is 77.4. The van der Waals surface area contributed by atoms with Gasteiger partial charge in [-0.15, -0.1) is 0 Å². The number of aliphatic hydroxyl groups is 1. The predicted molar refractivity (Wildman–Crippen MR) is 37.2 cm³/mol. The molecule has 1 atom stereocenters. The van der Waals surface area contributed by atoms with Crippen LogP contribution < -0.4 is 5.90 Å². The van der Waals surface area contributed by atoms with Crippen molar-refractivity contribution in [2.45, 2.75) is 26.1 Å². The third-order valence-corrected chi connectivity index (χ3v) is 0.911. The van der Waals surface area contributed by atoms with Gasteiger partial charge < -0.3 is 14.7 Å². The first-order valence-corrected chi connectivity index (χ1v) is 3.28. The van der Waals surface area contributed by atoms with Crippen LogP contribution in [0.5, 0.6) is 0 Å². The van der Waals surface area contributed by atoms with Crippen molar-refractivity contribution in [1.82, 2.24) is 0 Å². The molecule has 62 valence electrons. The molecule has 0 aliphatic heterocycles. The van der Waals surface area contributed by atoms with Crippen LogP contribution in [-0.4, -0.2) is 30.5 Å². The molecule has 4 nitrogen and oxygen atoms in total. The van der Waals surface area contributed by atoms with Crippen LogP contribution in [0.3, 0.4) is 0 Å². The third-order valence-electron chi connectivity index (χ3n) is 0.911. The Hall–Kier alpha value is -0.160. The van der Waals surface area contributed by atoms with Gasteiger partial charge in [0.25, 0.3) is 0 Å². The van der Waals surface area contributed by atoms with Gasteiger partial charge in [-0.05, 0) is 13.8 Å². The molecule has 0 saturated heterocycles. The highest BCUT2D eigenvalue weighted by Gasteiger charge is 2.03. The molecule has 4 heteroatoms. The minimum Gasteiger partial charge on any atom is -0.388 e. The van der Waals surface area contributed by atoms with Gasteiger partial charge in [-0.25, -0.2) is 5.90 Å². The second-order valence-electron chi connectivity index (χ2n) is 2.37. The largest absolute Gasteiger partial charge is 0.388 e. The Kier molecular flexibility index (Phi) is 5.52. The summed E-state index contributed by atoms with van der Waals surface area (Å²) in [5, 5.41) is 8.97. The van der Waals surface area contributed by atoms with Gasteiger partial charge in [0.1, 0.15) is 6.10 Å². The van der Waals surface area contributed by atoms with E-state index in [1.54, 1.807) is 0 Å². The van der Waals surface area contributed by atoms with E-state index >= 15 is 0 Å². The number of aliphatic hydroxyl groups excluding tert-OH is 1. The fraction of sp³-hybridized carbons (Fsp3) is 1.00. The van der Waals surface area contributed by atoms with Crippen molar-refractivity contribution in [3.05, 3.63) is 0 Å². The first-order chi connectivity index (χ1) is 4.66. The summed E-state index contributed by atoms with van der Waals surface area (Å²) in [7, 11) is 0. The molecule has 0 spiro atoms. The van der Waals surface area contributed by atoms with Crippen molar-refractivity contribution in [3.63, 3.8) is 0 Å². The third kappa shape index (κ3) is 5.97. The van der Waals surface area contributed by atoms with Crippen molar-refractivity contribution in [3.8, 4) is 0 Å². The van der Waals surface area contributed by atoms with Gasteiger partial charge in [-0.1, -0.05) is 0 Å². The fourth-order valence-electron chi connectivity index (χ4n) is 0.463. The van der Waals surface area contributed by atoms with E-state index in [1.807, 2.05) is 13.8 Å². The van der Waals surface area contributed by atoms with Crippen LogP contribution in [0, 0.1) is 0 Å². The van der Waals surface area contributed by atoms with Crippen LogP contribution in [0.25, 0.3) is 0 Å². The summed E-state index contributed by atoms with van der Waals surface area (Å²) in [6.07, 6.45) is -0.486. The first-order valence-electron chi connectivity index (χ1n) is 3.28. The minimum absolute atomic E-state index is 0.118. The van der Waals surface area contributed by atoms with Gasteiger partial charge in [-0.2, -0.15) is 0 Å². The molecule has 0 heterocycles. The summed E-state index contributed by atoms with van der Waals surface area (Å²) >= 11 is 0. The Labute approximate surface area is 60.9 Å². The standard InChI is InChI=1S/C6H15NO3/c1-5(2)9-3-6(8)4-10-7/h5-6,8H,3-4,7H2,1-2H3. The number of ether oxygens (including phenoxy) is 1. The SMILES string of the molecule is CC(C)OCC(O)CON. The van der Waals surface area contributed by atoms with Gasteiger partial charge in [-0.3, -0.25) is 0 Å². The highest BCUT2D eigenvalue weighted by atomic mass is 16.6. The summed E-state index contributed by atoms with van der Waals surface area (Å²) in [6, 6.07) is 0. The zero-order chi connectivity index (χ0) is 7.98. The monoisotopic (exact) mass is 149 g/mol. The zero-order valence-electron chi connectivity index (χ0n) is 6.41. The van der Waals surface area contributed by atoms with Crippen LogP contribution in [0.4, 0.5) is 0 Å². The molecule has 0 radical (unpaired) electrons. The maximum atomic E-state index is 8.97. The lowest BCUT2D eigenvalue weighted by atomic mass is 10.4. The Morgan fingerprint density at radius 3 is 2.40 bits per heavy atom. The highest BCUT2D eigenvalue weighted by molar-refractivity contribution is 4.50. The number of hydrogen-bond donors (Lipinski definition) is 2. The molecule has 10 heavy (non-hydrogen) atoms. The maximum Gasteiger partial charge on any atom is 0.103 e. The molecule has 0 aromatic rings. The molecular formula is C6H15NO3. The highest BCUT2D eigenvalue weighted by Crippen LogP contribution is 1.90. The Morgan fingerprint density at radius 2 is 2.00 bits per heavy atom. The van der Waals surface area contributed by atoms with Gasteiger partial charge >= 0.3 is 0 Å². The van der Waals surface area contributed by atoms with Gasteiger partial charge in [0, 0.05) is 0 Å². The Balaban J connectivity index is 3.12. The van der Waals surface area contributed by atoms with Crippen molar-refractivity contribution >= 4 is 0 Å². The Morgan fingerprint density at radius 1 is 1.40 bits per heavy atom. The van der Waals surface area contributed by atoms with E-state index in [-0.39, 0.29) is 19.3 Å². The van der Waals surface area contributed by atoms with Crippen molar-refractivity contribution in [2.75, 3.05) is 13.2 Å².